The molecule has 0 aliphatic heterocycles. The van der Waals surface area contributed by atoms with E-state index in [-0.39, 0.29) is 0 Å². The van der Waals surface area contributed by atoms with Crippen LogP contribution in [-0.4, -0.2) is 16.7 Å². The molecule has 0 fully saturated rings. The van der Waals surface area contributed by atoms with Gasteiger partial charge in [0, 0.05) is 35.7 Å². The highest BCUT2D eigenvalue weighted by Crippen LogP contribution is 2.37. The van der Waals surface area contributed by atoms with E-state index in [1.807, 2.05) is 12.1 Å². The van der Waals surface area contributed by atoms with Gasteiger partial charge in [0.1, 0.15) is 5.69 Å². The molecule has 0 aliphatic rings. The molecule has 1 aromatic rings. The van der Waals surface area contributed by atoms with Gasteiger partial charge in [-0.2, -0.15) is 4.36 Å². The van der Waals surface area contributed by atoms with E-state index in [0.717, 1.165) is 13.4 Å². The highest BCUT2D eigenvalue weighted by Gasteiger charge is 2.06. The molecule has 0 aliphatic carbocycles. The van der Waals surface area contributed by atoms with E-state index in [4.69, 9.17) is 0 Å². The number of nitrogens with zero attached hydrogens (tertiary/aromatic N) is 1. The van der Waals surface area contributed by atoms with Crippen LogP contribution < -0.4 is 0 Å². The van der Waals surface area contributed by atoms with Crippen LogP contribution in [0.25, 0.3) is 0 Å². The highest BCUT2D eigenvalue weighted by molar-refractivity contribution is 9.11. The lowest BCUT2D eigenvalue weighted by Crippen LogP contribution is -1.89. The monoisotopic (exact) mass is 403 g/mol. The van der Waals surface area contributed by atoms with Gasteiger partial charge in [0.2, 0.25) is 0 Å². The first-order valence-electron chi connectivity index (χ1n) is 3.61. The van der Waals surface area contributed by atoms with E-state index in [1.54, 1.807) is 12.5 Å². The minimum Gasteiger partial charge on any atom is -0.250 e. The number of hydrogen-bond donors (Lipinski definition) is 0. The molecule has 1 rings (SSSR count). The minimum atomic E-state index is -2.14. The number of hydrogen-bond acceptors (Lipinski definition) is 2. The fourth-order valence-corrected chi connectivity index (χ4v) is 4.15. The molecule has 0 saturated carbocycles. The third-order valence-electron chi connectivity index (χ3n) is 1.29. The predicted octanol–water partition coefficient (Wildman–Crippen LogP) is 4.33. The number of benzene rings is 1. The average Bonchev–Trinajstić information content (AvgIpc) is 1.95. The van der Waals surface area contributed by atoms with Crippen molar-refractivity contribution in [2.24, 2.45) is 4.36 Å². The summed E-state index contributed by atoms with van der Waals surface area (Å²) in [6, 6.07) is 3.74. The van der Waals surface area contributed by atoms with E-state index in [2.05, 4.69) is 52.2 Å². The number of rotatable bonds is 1. The maximum Gasteiger partial charge on any atom is 0.101 e. The lowest BCUT2D eigenvalue weighted by atomic mass is 10.3. The molecule has 6 heteroatoms. The van der Waals surface area contributed by atoms with Gasteiger partial charge in [-0.1, -0.05) is 15.9 Å². The molecule has 0 bridgehead atoms. The Morgan fingerprint density at radius 2 is 1.57 bits per heavy atom. The maximum atomic E-state index is 11.5. The molecule has 0 atom stereocenters. The summed E-state index contributed by atoms with van der Waals surface area (Å²) in [7, 11) is -2.14. The summed E-state index contributed by atoms with van der Waals surface area (Å²) in [5.41, 5.74) is 0.684. The maximum absolute atomic E-state index is 11.5. The van der Waals surface area contributed by atoms with Gasteiger partial charge in [-0.25, -0.2) is 4.21 Å². The van der Waals surface area contributed by atoms with Crippen LogP contribution in [0.5, 0.6) is 0 Å². The standard InChI is InChI=1S/C8H8Br3NOS/c1-14(2,13)12-8-6(10)3-5(9)4-7(8)11/h3-4H,1-2H3. The summed E-state index contributed by atoms with van der Waals surface area (Å²) in [5.74, 6) is 0. The molecule has 1 aromatic carbocycles. The Morgan fingerprint density at radius 3 is 1.93 bits per heavy atom. The molecule has 0 spiro atoms. The van der Waals surface area contributed by atoms with Crippen molar-refractivity contribution in [3.8, 4) is 0 Å². The van der Waals surface area contributed by atoms with Crippen molar-refractivity contribution in [2.75, 3.05) is 12.5 Å². The Bertz CT molecular complexity index is 446. The van der Waals surface area contributed by atoms with Crippen LogP contribution in [0.4, 0.5) is 5.69 Å². The summed E-state index contributed by atoms with van der Waals surface area (Å²) in [6.45, 7) is 0. The van der Waals surface area contributed by atoms with Gasteiger partial charge < -0.3 is 0 Å². The Hall–Kier alpha value is 0.610. The lowest BCUT2D eigenvalue weighted by molar-refractivity contribution is 0.684. The first-order chi connectivity index (χ1) is 6.29. The predicted molar refractivity (Wildman–Crippen MR) is 71.6 cm³/mol. The second kappa shape index (κ2) is 4.63. The van der Waals surface area contributed by atoms with E-state index >= 15 is 0 Å². The molecule has 0 radical (unpaired) electrons. The van der Waals surface area contributed by atoms with Crippen LogP contribution in [0.3, 0.4) is 0 Å². The van der Waals surface area contributed by atoms with Crippen molar-refractivity contribution in [1.82, 2.24) is 0 Å². The third kappa shape index (κ3) is 3.64. The largest absolute Gasteiger partial charge is 0.250 e. The van der Waals surface area contributed by atoms with Crippen LogP contribution in [0.15, 0.2) is 29.9 Å². The molecular formula is C8H8Br3NOS. The second-order valence-corrected chi connectivity index (χ2v) is 8.16. The SMILES string of the molecule is CS(C)(=O)=Nc1c(Br)cc(Br)cc1Br. The van der Waals surface area contributed by atoms with Crippen LogP contribution in [0.2, 0.25) is 0 Å². The summed E-state index contributed by atoms with van der Waals surface area (Å²) in [6.07, 6.45) is 3.21. The van der Waals surface area contributed by atoms with Crippen molar-refractivity contribution in [1.29, 1.82) is 0 Å². The third-order valence-corrected chi connectivity index (χ3v) is 3.58. The van der Waals surface area contributed by atoms with Gasteiger partial charge in [-0.05, 0) is 44.0 Å². The average molecular weight is 406 g/mol. The van der Waals surface area contributed by atoms with Crippen molar-refractivity contribution in [2.45, 2.75) is 0 Å². The van der Waals surface area contributed by atoms with Gasteiger partial charge in [-0.3, -0.25) is 0 Å². The van der Waals surface area contributed by atoms with Crippen molar-refractivity contribution in [3.63, 3.8) is 0 Å². The van der Waals surface area contributed by atoms with E-state index in [1.165, 1.54) is 0 Å². The summed E-state index contributed by atoms with van der Waals surface area (Å²) >= 11 is 10.1. The van der Waals surface area contributed by atoms with Gasteiger partial charge in [0.05, 0.1) is 0 Å². The Kier molecular flexibility index (Phi) is 4.20. The Balaban J connectivity index is 3.44. The molecule has 0 aromatic heterocycles. The molecule has 14 heavy (non-hydrogen) atoms. The van der Waals surface area contributed by atoms with E-state index in [0.29, 0.717) is 5.69 Å². The molecule has 0 N–H and O–H groups in total. The zero-order valence-electron chi connectivity index (χ0n) is 7.55. The van der Waals surface area contributed by atoms with Crippen LogP contribution in [0, 0.1) is 0 Å². The van der Waals surface area contributed by atoms with Crippen LogP contribution >= 0.6 is 47.8 Å². The van der Waals surface area contributed by atoms with Crippen LogP contribution in [-0.2, 0) is 9.73 Å². The molecule has 0 saturated heterocycles. The summed E-state index contributed by atoms with van der Waals surface area (Å²) in [5, 5.41) is 0. The number of halogens is 3. The fraction of sp³-hybridized carbons (Fsp3) is 0.250. The van der Waals surface area contributed by atoms with Gasteiger partial charge in [0.15, 0.2) is 0 Å². The van der Waals surface area contributed by atoms with Crippen molar-refractivity contribution < 1.29 is 4.21 Å². The second-order valence-electron chi connectivity index (χ2n) is 2.99. The molecule has 2 nitrogen and oxygen atoms in total. The molecule has 78 valence electrons. The Morgan fingerprint density at radius 1 is 1.14 bits per heavy atom. The molecule has 0 heterocycles. The normalized spacial score (nSPS) is 11.5. The van der Waals surface area contributed by atoms with E-state index < -0.39 is 9.73 Å². The molecule has 0 amide bonds. The first-order valence-corrected chi connectivity index (χ1v) is 8.32. The molecular weight excluding hydrogens is 398 g/mol. The van der Waals surface area contributed by atoms with Crippen LogP contribution in [0.1, 0.15) is 0 Å². The van der Waals surface area contributed by atoms with E-state index in [9.17, 15) is 4.21 Å². The smallest absolute Gasteiger partial charge is 0.101 e. The first kappa shape index (κ1) is 12.7. The Labute approximate surface area is 109 Å². The summed E-state index contributed by atoms with van der Waals surface area (Å²) < 4.78 is 18.2. The van der Waals surface area contributed by atoms with Crippen molar-refractivity contribution in [3.05, 3.63) is 25.6 Å². The summed E-state index contributed by atoms with van der Waals surface area (Å²) in [4.78, 5) is 0. The minimum absolute atomic E-state index is 0.684. The zero-order valence-corrected chi connectivity index (χ0v) is 13.1. The van der Waals surface area contributed by atoms with Gasteiger partial charge in [-0.15, -0.1) is 0 Å². The zero-order chi connectivity index (χ0) is 10.9. The van der Waals surface area contributed by atoms with Crippen molar-refractivity contribution >= 4 is 63.2 Å². The highest BCUT2D eigenvalue weighted by atomic mass is 79.9. The topological polar surface area (TPSA) is 29.4 Å². The lowest BCUT2D eigenvalue weighted by Gasteiger charge is -2.04. The quantitative estimate of drug-likeness (QED) is 0.683. The van der Waals surface area contributed by atoms with Gasteiger partial charge in [0.25, 0.3) is 0 Å². The fourth-order valence-electron chi connectivity index (χ4n) is 0.842. The molecule has 0 unspecified atom stereocenters. The van der Waals surface area contributed by atoms with Gasteiger partial charge >= 0.3 is 0 Å².